The molecular formula is C19H15N3O5. The minimum absolute atomic E-state index is 0.119. The number of ether oxygens (including phenoxy) is 1. The van der Waals surface area contributed by atoms with E-state index < -0.39 is 16.7 Å². The first-order valence-electron chi connectivity index (χ1n) is 8.07. The number of anilines is 1. The molecule has 8 heteroatoms. The Morgan fingerprint density at radius 1 is 1.26 bits per heavy atom. The Morgan fingerprint density at radius 3 is 2.78 bits per heavy atom. The summed E-state index contributed by atoms with van der Waals surface area (Å²) in [5.74, 6) is 5.17. The molecule has 8 nitrogen and oxygen atoms in total. The number of nitrogens with zero attached hydrogens (tertiary/aromatic N) is 2. The smallest absolute Gasteiger partial charge is 0.271 e. The third-order valence-electron chi connectivity index (χ3n) is 3.78. The van der Waals surface area contributed by atoms with Crippen LogP contribution in [0.15, 0.2) is 48.5 Å². The normalized spacial score (nSPS) is 12.3. The fourth-order valence-corrected chi connectivity index (χ4v) is 2.49. The molecule has 27 heavy (non-hydrogen) atoms. The van der Waals surface area contributed by atoms with Crippen LogP contribution in [0, 0.1) is 22.0 Å². The molecule has 0 saturated heterocycles. The number of non-ortho nitro benzene ring substituents is 1. The van der Waals surface area contributed by atoms with Crippen molar-refractivity contribution in [2.24, 2.45) is 0 Å². The Labute approximate surface area is 154 Å². The molecule has 0 aliphatic carbocycles. The summed E-state index contributed by atoms with van der Waals surface area (Å²) in [6.07, 6.45) is 0. The summed E-state index contributed by atoms with van der Waals surface area (Å²) in [5.41, 5.74) is 0.841. The fourth-order valence-electron chi connectivity index (χ4n) is 2.49. The van der Waals surface area contributed by atoms with Gasteiger partial charge in [0.05, 0.1) is 17.2 Å². The molecule has 0 fully saturated rings. The van der Waals surface area contributed by atoms with Gasteiger partial charge in [-0.25, -0.2) is 0 Å². The molecule has 2 amide bonds. The topological polar surface area (TPSA) is 102 Å². The van der Waals surface area contributed by atoms with E-state index in [1.54, 1.807) is 0 Å². The van der Waals surface area contributed by atoms with Gasteiger partial charge in [-0.05, 0) is 18.2 Å². The van der Waals surface area contributed by atoms with E-state index in [-0.39, 0.29) is 31.1 Å². The van der Waals surface area contributed by atoms with Gasteiger partial charge < -0.3 is 10.1 Å². The molecule has 136 valence electrons. The number of nitrogens with one attached hydrogen (secondary N) is 1. The molecule has 2 aromatic rings. The fraction of sp³-hybridized carbons (Fsp3) is 0.158. The summed E-state index contributed by atoms with van der Waals surface area (Å²) in [6.45, 7) is -0.386. The maximum Gasteiger partial charge on any atom is 0.271 e. The van der Waals surface area contributed by atoms with Gasteiger partial charge in [-0.15, -0.1) is 0 Å². The van der Waals surface area contributed by atoms with Crippen LogP contribution < -0.4 is 15.0 Å². The molecule has 1 aliphatic heterocycles. The van der Waals surface area contributed by atoms with Gasteiger partial charge in [0, 0.05) is 17.7 Å². The zero-order valence-corrected chi connectivity index (χ0v) is 14.2. The lowest BCUT2D eigenvalue weighted by Crippen LogP contribution is -2.45. The van der Waals surface area contributed by atoms with Crippen LogP contribution in [0.5, 0.6) is 5.75 Å². The van der Waals surface area contributed by atoms with E-state index in [0.717, 1.165) is 5.56 Å². The van der Waals surface area contributed by atoms with E-state index in [1.807, 2.05) is 30.3 Å². The molecule has 0 aromatic heterocycles. The maximum absolute atomic E-state index is 12.1. The number of nitro benzene ring substituents is 1. The van der Waals surface area contributed by atoms with E-state index in [2.05, 4.69) is 17.2 Å². The quantitative estimate of drug-likeness (QED) is 0.502. The second kappa shape index (κ2) is 8.01. The van der Waals surface area contributed by atoms with Crippen molar-refractivity contribution >= 4 is 23.2 Å². The van der Waals surface area contributed by atoms with Crippen molar-refractivity contribution in [2.75, 3.05) is 24.6 Å². The van der Waals surface area contributed by atoms with E-state index in [4.69, 9.17) is 4.74 Å². The van der Waals surface area contributed by atoms with Gasteiger partial charge in [0.1, 0.15) is 12.3 Å². The van der Waals surface area contributed by atoms with E-state index in [0.29, 0.717) is 5.75 Å². The Bertz CT molecular complexity index is 947. The number of nitro groups is 1. The average Bonchev–Trinajstić information content (AvgIpc) is 2.68. The molecule has 2 aromatic carbocycles. The number of fused-ring (bicyclic) bond motifs is 1. The van der Waals surface area contributed by atoms with Gasteiger partial charge in [-0.3, -0.25) is 24.6 Å². The van der Waals surface area contributed by atoms with Gasteiger partial charge in [0.2, 0.25) is 5.91 Å². The van der Waals surface area contributed by atoms with Gasteiger partial charge in [-0.1, -0.05) is 30.0 Å². The number of rotatable bonds is 4. The largest absolute Gasteiger partial charge is 0.482 e. The standard InChI is InChI=1S/C19H15N3O5/c23-18(20-10-4-7-14-5-2-1-3-6-14)12-21-16-11-15(22(25)26)8-9-17(16)27-13-19(21)24/h1-3,5-6,8-9,11H,10,12-13H2,(H,20,23). The zero-order valence-electron chi connectivity index (χ0n) is 14.2. The van der Waals surface area contributed by atoms with Crippen molar-refractivity contribution in [3.63, 3.8) is 0 Å². The van der Waals surface area contributed by atoms with E-state index >= 15 is 0 Å². The number of hydrogen-bond donors (Lipinski definition) is 1. The average molecular weight is 365 g/mol. The Balaban J connectivity index is 1.65. The van der Waals surface area contributed by atoms with Crippen molar-refractivity contribution < 1.29 is 19.2 Å². The summed E-state index contributed by atoms with van der Waals surface area (Å²) in [5, 5.41) is 13.6. The summed E-state index contributed by atoms with van der Waals surface area (Å²) in [6, 6.07) is 13.2. The van der Waals surface area contributed by atoms with Crippen molar-refractivity contribution in [1.82, 2.24) is 5.32 Å². The predicted octanol–water partition coefficient (Wildman–Crippen LogP) is 1.49. The van der Waals surface area contributed by atoms with Gasteiger partial charge in [0.25, 0.3) is 11.6 Å². The van der Waals surface area contributed by atoms with Crippen molar-refractivity contribution in [3.05, 3.63) is 64.2 Å². The highest BCUT2D eigenvalue weighted by molar-refractivity contribution is 6.02. The molecule has 1 heterocycles. The van der Waals surface area contributed by atoms with Crippen LogP contribution >= 0.6 is 0 Å². The number of carbonyl (C=O) groups is 2. The first-order chi connectivity index (χ1) is 13.0. The van der Waals surface area contributed by atoms with Crippen LogP contribution in [0.25, 0.3) is 0 Å². The van der Waals surface area contributed by atoms with Crippen LogP contribution in [0.1, 0.15) is 5.56 Å². The predicted molar refractivity (Wildman–Crippen MR) is 97.3 cm³/mol. The molecule has 0 bridgehead atoms. The second-order valence-corrected chi connectivity index (χ2v) is 5.62. The van der Waals surface area contributed by atoms with Crippen LogP contribution in [0.3, 0.4) is 0 Å². The molecule has 0 unspecified atom stereocenters. The van der Waals surface area contributed by atoms with E-state index in [1.165, 1.54) is 23.1 Å². The minimum Gasteiger partial charge on any atom is -0.482 e. The van der Waals surface area contributed by atoms with Gasteiger partial charge in [0.15, 0.2) is 6.61 Å². The lowest BCUT2D eigenvalue weighted by Gasteiger charge is -2.28. The monoisotopic (exact) mass is 365 g/mol. The lowest BCUT2D eigenvalue weighted by molar-refractivity contribution is -0.384. The van der Waals surface area contributed by atoms with Crippen molar-refractivity contribution in [1.29, 1.82) is 0 Å². The number of amides is 2. The molecule has 0 radical (unpaired) electrons. The Morgan fingerprint density at radius 2 is 2.04 bits per heavy atom. The highest BCUT2D eigenvalue weighted by Crippen LogP contribution is 2.34. The van der Waals surface area contributed by atoms with Crippen molar-refractivity contribution in [3.8, 4) is 17.6 Å². The molecule has 0 atom stereocenters. The van der Waals surface area contributed by atoms with Crippen molar-refractivity contribution in [2.45, 2.75) is 0 Å². The van der Waals surface area contributed by atoms with E-state index in [9.17, 15) is 19.7 Å². The van der Waals surface area contributed by atoms with Gasteiger partial charge in [-0.2, -0.15) is 0 Å². The summed E-state index contributed by atoms with van der Waals surface area (Å²) < 4.78 is 5.26. The number of carbonyl (C=O) groups excluding carboxylic acids is 2. The Kier molecular flexibility index (Phi) is 5.33. The summed E-state index contributed by atoms with van der Waals surface area (Å²) in [7, 11) is 0. The summed E-state index contributed by atoms with van der Waals surface area (Å²) >= 11 is 0. The Hall–Kier alpha value is -3.86. The first-order valence-corrected chi connectivity index (χ1v) is 8.07. The van der Waals surface area contributed by atoms with Crippen LogP contribution in [0.2, 0.25) is 0 Å². The van der Waals surface area contributed by atoms with Gasteiger partial charge >= 0.3 is 0 Å². The number of benzene rings is 2. The highest BCUT2D eigenvalue weighted by Gasteiger charge is 2.29. The minimum atomic E-state index is -0.573. The highest BCUT2D eigenvalue weighted by atomic mass is 16.6. The summed E-state index contributed by atoms with van der Waals surface area (Å²) in [4.78, 5) is 35.8. The third kappa shape index (κ3) is 4.41. The van der Waals surface area contributed by atoms with Crippen LogP contribution in [0.4, 0.5) is 11.4 Å². The molecule has 0 spiro atoms. The third-order valence-corrected chi connectivity index (χ3v) is 3.78. The molecular weight excluding hydrogens is 350 g/mol. The van der Waals surface area contributed by atoms with Crippen LogP contribution in [-0.2, 0) is 9.59 Å². The first kappa shape index (κ1) is 17.9. The maximum atomic E-state index is 12.1. The molecule has 3 rings (SSSR count). The SMILES string of the molecule is O=C(CN1C(=O)COc2ccc([N+](=O)[O-])cc21)NCC#Cc1ccccc1. The molecule has 1 aliphatic rings. The second-order valence-electron chi connectivity index (χ2n) is 5.62. The van der Waals surface area contributed by atoms with Crippen LogP contribution in [-0.4, -0.2) is 36.4 Å². The molecule has 0 saturated carbocycles. The lowest BCUT2D eigenvalue weighted by atomic mass is 10.2. The molecule has 1 N–H and O–H groups in total. The number of hydrogen-bond acceptors (Lipinski definition) is 5. The zero-order chi connectivity index (χ0) is 19.2.